The Hall–Kier alpha value is -2.76. The van der Waals surface area contributed by atoms with Crippen molar-refractivity contribution >= 4 is 15.7 Å². The Morgan fingerprint density at radius 1 is 1.13 bits per heavy atom. The van der Waals surface area contributed by atoms with Gasteiger partial charge in [0.25, 0.3) is 0 Å². The van der Waals surface area contributed by atoms with Gasteiger partial charge in [-0.3, -0.25) is 4.79 Å². The van der Waals surface area contributed by atoms with Gasteiger partial charge in [0.2, 0.25) is 5.91 Å². The first-order valence-corrected chi connectivity index (χ1v) is 11.9. The van der Waals surface area contributed by atoms with Crippen LogP contribution < -0.4 is 5.32 Å². The van der Waals surface area contributed by atoms with E-state index in [9.17, 15) is 17.6 Å². The molecule has 31 heavy (non-hydrogen) atoms. The summed E-state index contributed by atoms with van der Waals surface area (Å²) in [4.78, 5) is 14.9. The van der Waals surface area contributed by atoms with Crippen LogP contribution in [0.1, 0.15) is 30.1 Å². The van der Waals surface area contributed by atoms with Gasteiger partial charge >= 0.3 is 0 Å². The number of hydrogen-bond donors (Lipinski definition) is 1. The maximum atomic E-state index is 13.3. The van der Waals surface area contributed by atoms with Crippen molar-refractivity contribution in [2.24, 2.45) is 5.92 Å². The van der Waals surface area contributed by atoms with E-state index in [-0.39, 0.29) is 23.3 Å². The first kappa shape index (κ1) is 22.9. The lowest BCUT2D eigenvalue weighted by atomic mass is 9.95. The zero-order valence-corrected chi connectivity index (χ0v) is 18.0. The standard InChI is InChI=1S/C23H26FN3O3S/c24-20-7-9-21(10-8-20)31(29,30)22(18-5-2-1-3-6-18)17-26-23(28)19-11-15-27(16-12-19)14-4-13-25/h1-3,5-10,19,22H,4,11-12,14-17H2,(H,26,28). The van der Waals surface area contributed by atoms with Crippen LogP contribution in [0.25, 0.3) is 0 Å². The number of piperidine rings is 1. The van der Waals surface area contributed by atoms with Gasteiger partial charge in [-0.2, -0.15) is 5.26 Å². The highest BCUT2D eigenvalue weighted by Crippen LogP contribution is 2.29. The molecule has 164 valence electrons. The fourth-order valence-corrected chi connectivity index (χ4v) is 5.49. The Balaban J connectivity index is 1.70. The molecular weight excluding hydrogens is 417 g/mol. The van der Waals surface area contributed by atoms with E-state index < -0.39 is 20.9 Å². The number of benzene rings is 2. The summed E-state index contributed by atoms with van der Waals surface area (Å²) in [5, 5.41) is 10.6. The van der Waals surface area contributed by atoms with E-state index >= 15 is 0 Å². The molecule has 1 atom stereocenters. The molecule has 0 aliphatic carbocycles. The van der Waals surface area contributed by atoms with E-state index in [1.807, 2.05) is 0 Å². The monoisotopic (exact) mass is 443 g/mol. The number of hydrogen-bond acceptors (Lipinski definition) is 5. The van der Waals surface area contributed by atoms with Crippen molar-refractivity contribution in [2.75, 3.05) is 26.2 Å². The van der Waals surface area contributed by atoms with Crippen LogP contribution in [0.4, 0.5) is 4.39 Å². The summed E-state index contributed by atoms with van der Waals surface area (Å²) in [7, 11) is -3.84. The number of carbonyl (C=O) groups is 1. The van der Waals surface area contributed by atoms with Gasteiger partial charge < -0.3 is 10.2 Å². The third-order valence-electron chi connectivity index (χ3n) is 5.65. The predicted molar refractivity (Wildman–Crippen MR) is 115 cm³/mol. The van der Waals surface area contributed by atoms with Crippen molar-refractivity contribution in [3.63, 3.8) is 0 Å². The quantitative estimate of drug-likeness (QED) is 0.633. The molecule has 1 fully saturated rings. The van der Waals surface area contributed by atoms with Gasteiger partial charge in [0, 0.05) is 25.4 Å². The number of nitrogens with zero attached hydrogens (tertiary/aromatic N) is 2. The summed E-state index contributed by atoms with van der Waals surface area (Å²) < 4.78 is 39.8. The zero-order valence-electron chi connectivity index (χ0n) is 17.2. The number of amides is 1. The Morgan fingerprint density at radius 3 is 2.39 bits per heavy atom. The SMILES string of the molecule is N#CCCN1CCC(C(=O)NCC(c2ccccc2)S(=O)(=O)c2ccc(F)cc2)CC1. The van der Waals surface area contributed by atoms with E-state index in [1.54, 1.807) is 30.3 Å². The zero-order chi connectivity index (χ0) is 22.3. The van der Waals surface area contributed by atoms with Crippen LogP contribution in [0.5, 0.6) is 0 Å². The summed E-state index contributed by atoms with van der Waals surface area (Å²) in [5.41, 5.74) is 0.568. The average Bonchev–Trinajstić information content (AvgIpc) is 2.79. The number of nitriles is 1. The van der Waals surface area contributed by atoms with E-state index in [0.29, 0.717) is 31.4 Å². The second-order valence-corrected chi connectivity index (χ2v) is 9.80. The lowest BCUT2D eigenvalue weighted by Gasteiger charge is -2.31. The second-order valence-electron chi connectivity index (χ2n) is 7.67. The van der Waals surface area contributed by atoms with Crippen LogP contribution >= 0.6 is 0 Å². The third-order valence-corrected chi connectivity index (χ3v) is 7.77. The summed E-state index contributed by atoms with van der Waals surface area (Å²) in [6, 6.07) is 15.6. The van der Waals surface area contributed by atoms with Crippen LogP contribution in [0.2, 0.25) is 0 Å². The first-order chi connectivity index (χ1) is 14.9. The topological polar surface area (TPSA) is 90.3 Å². The Labute approximate surface area is 182 Å². The molecule has 1 N–H and O–H groups in total. The molecule has 0 aromatic heterocycles. The lowest BCUT2D eigenvalue weighted by molar-refractivity contribution is -0.126. The third kappa shape index (κ3) is 5.90. The summed E-state index contributed by atoms with van der Waals surface area (Å²) in [5.74, 6) is -0.844. The summed E-state index contributed by atoms with van der Waals surface area (Å²) >= 11 is 0. The van der Waals surface area contributed by atoms with E-state index in [0.717, 1.165) is 25.2 Å². The smallest absolute Gasteiger partial charge is 0.223 e. The minimum atomic E-state index is -3.84. The highest BCUT2D eigenvalue weighted by Gasteiger charge is 2.31. The minimum Gasteiger partial charge on any atom is -0.354 e. The van der Waals surface area contributed by atoms with Gasteiger partial charge in [-0.15, -0.1) is 0 Å². The number of nitrogens with one attached hydrogen (secondary N) is 1. The maximum Gasteiger partial charge on any atom is 0.223 e. The molecule has 1 aliphatic heterocycles. The van der Waals surface area contributed by atoms with Crippen molar-refractivity contribution in [2.45, 2.75) is 29.4 Å². The average molecular weight is 444 g/mol. The van der Waals surface area contributed by atoms with E-state index in [4.69, 9.17) is 5.26 Å². The largest absolute Gasteiger partial charge is 0.354 e. The fourth-order valence-electron chi connectivity index (χ4n) is 3.83. The molecule has 1 saturated heterocycles. The number of carbonyl (C=O) groups excluding carboxylic acids is 1. The van der Waals surface area contributed by atoms with Gasteiger partial charge in [0.05, 0.1) is 11.0 Å². The molecule has 8 heteroatoms. The Bertz CT molecular complexity index is 1010. The molecule has 0 radical (unpaired) electrons. The van der Waals surface area contributed by atoms with Gasteiger partial charge in [-0.1, -0.05) is 30.3 Å². The molecule has 3 rings (SSSR count). The molecule has 0 bridgehead atoms. The van der Waals surface area contributed by atoms with Crippen molar-refractivity contribution in [3.05, 3.63) is 66.0 Å². The van der Waals surface area contributed by atoms with Crippen LogP contribution in [0.15, 0.2) is 59.5 Å². The fraction of sp³-hybridized carbons (Fsp3) is 0.391. The van der Waals surface area contributed by atoms with Gasteiger partial charge in [-0.05, 0) is 55.8 Å². The van der Waals surface area contributed by atoms with Crippen molar-refractivity contribution in [1.29, 1.82) is 5.26 Å². The second kappa shape index (κ2) is 10.5. The summed E-state index contributed by atoms with van der Waals surface area (Å²) in [6.45, 7) is 2.14. The van der Waals surface area contributed by atoms with Crippen LogP contribution in [-0.4, -0.2) is 45.4 Å². The first-order valence-electron chi connectivity index (χ1n) is 10.3. The number of likely N-dealkylation sites (tertiary alicyclic amines) is 1. The predicted octanol–water partition coefficient (Wildman–Crippen LogP) is 3.08. The van der Waals surface area contributed by atoms with Crippen molar-refractivity contribution in [1.82, 2.24) is 10.2 Å². The van der Waals surface area contributed by atoms with Crippen LogP contribution in [-0.2, 0) is 14.6 Å². The molecule has 0 saturated carbocycles. The minimum absolute atomic E-state index is 0.0165. The van der Waals surface area contributed by atoms with Gasteiger partial charge in [-0.25, -0.2) is 12.8 Å². The van der Waals surface area contributed by atoms with E-state index in [1.165, 1.54) is 12.1 Å². The highest BCUT2D eigenvalue weighted by molar-refractivity contribution is 7.91. The van der Waals surface area contributed by atoms with Gasteiger partial charge in [0.15, 0.2) is 9.84 Å². The van der Waals surface area contributed by atoms with Gasteiger partial charge in [0.1, 0.15) is 11.1 Å². The molecule has 1 amide bonds. The molecule has 1 heterocycles. The Morgan fingerprint density at radius 2 is 1.77 bits per heavy atom. The molecule has 1 aliphatic rings. The molecule has 6 nitrogen and oxygen atoms in total. The summed E-state index contributed by atoms with van der Waals surface area (Å²) in [6.07, 6.45) is 1.83. The van der Waals surface area contributed by atoms with Crippen molar-refractivity contribution < 1.29 is 17.6 Å². The van der Waals surface area contributed by atoms with Crippen LogP contribution in [0, 0.1) is 23.1 Å². The molecule has 0 spiro atoms. The number of sulfone groups is 1. The molecular formula is C23H26FN3O3S. The molecule has 2 aromatic carbocycles. The number of halogens is 1. The molecule has 1 unspecified atom stereocenters. The Kier molecular flexibility index (Phi) is 7.77. The van der Waals surface area contributed by atoms with E-state index in [2.05, 4.69) is 16.3 Å². The van der Waals surface area contributed by atoms with Crippen LogP contribution in [0.3, 0.4) is 0 Å². The highest BCUT2D eigenvalue weighted by atomic mass is 32.2. The van der Waals surface area contributed by atoms with Crippen molar-refractivity contribution in [3.8, 4) is 6.07 Å². The number of rotatable bonds is 8. The maximum absolute atomic E-state index is 13.3. The molecule has 2 aromatic rings. The lowest BCUT2D eigenvalue weighted by Crippen LogP contribution is -2.42. The normalized spacial score (nSPS) is 16.4.